The average molecular weight is 470 g/mol. The van der Waals surface area contributed by atoms with Crippen LogP contribution in [-0.2, 0) is 14.3 Å². The third kappa shape index (κ3) is 5.94. The number of esters is 1. The molecule has 0 radical (unpaired) electrons. The lowest BCUT2D eigenvalue weighted by atomic mass is 10.0. The van der Waals surface area contributed by atoms with Gasteiger partial charge < -0.3 is 20.7 Å². The zero-order chi connectivity index (χ0) is 23.3. The number of ether oxygens (including phenoxy) is 1. The summed E-state index contributed by atoms with van der Waals surface area (Å²) >= 11 is 6.38. The van der Waals surface area contributed by atoms with Gasteiger partial charge in [-0.2, -0.15) is 0 Å². The van der Waals surface area contributed by atoms with Gasteiger partial charge in [0.1, 0.15) is 11.9 Å². The lowest BCUT2D eigenvalue weighted by Gasteiger charge is -2.24. The fraction of sp³-hybridized carbons (Fsp3) is 0.571. The molecule has 1 aromatic rings. The molecule has 3 rings (SSSR count). The topological polar surface area (TPSA) is 117 Å². The van der Waals surface area contributed by atoms with Gasteiger partial charge in [0.05, 0.1) is 11.4 Å². The summed E-state index contributed by atoms with van der Waals surface area (Å²) in [5.74, 6) is -2.20. The van der Waals surface area contributed by atoms with Crippen LogP contribution in [0.25, 0.3) is 0 Å². The zero-order valence-corrected chi connectivity index (χ0v) is 18.7. The SMILES string of the molecule is CCN1NCC(Cl)C1c1cc(F)cc(C(=O)NC[C@@H](N)C(=O)OCC(=O)N2CCCC2)c1. The summed E-state index contributed by atoms with van der Waals surface area (Å²) in [6.07, 6.45) is 1.87. The normalized spacial score (nSPS) is 22.1. The van der Waals surface area contributed by atoms with Gasteiger partial charge >= 0.3 is 5.97 Å². The van der Waals surface area contributed by atoms with Crippen LogP contribution in [0.4, 0.5) is 4.39 Å². The fourth-order valence-corrected chi connectivity index (χ4v) is 4.26. The number of benzene rings is 1. The van der Waals surface area contributed by atoms with Gasteiger partial charge in [0.2, 0.25) is 0 Å². The lowest BCUT2D eigenvalue weighted by molar-refractivity contribution is -0.152. The Balaban J connectivity index is 1.54. The molecule has 3 atom stereocenters. The molecule has 11 heteroatoms. The first kappa shape index (κ1) is 24.4. The molecule has 176 valence electrons. The molecule has 2 amide bonds. The summed E-state index contributed by atoms with van der Waals surface area (Å²) in [6.45, 7) is 3.86. The number of carbonyl (C=O) groups excluding carboxylic acids is 3. The molecule has 1 aromatic carbocycles. The van der Waals surface area contributed by atoms with Crippen molar-refractivity contribution in [2.24, 2.45) is 5.73 Å². The van der Waals surface area contributed by atoms with E-state index in [-0.39, 0.29) is 36.0 Å². The van der Waals surface area contributed by atoms with Crippen molar-refractivity contribution >= 4 is 29.4 Å². The highest BCUT2D eigenvalue weighted by Gasteiger charge is 2.33. The number of halogens is 2. The number of hydrogen-bond donors (Lipinski definition) is 3. The molecule has 2 saturated heterocycles. The first-order valence-electron chi connectivity index (χ1n) is 10.7. The predicted molar refractivity (Wildman–Crippen MR) is 116 cm³/mol. The van der Waals surface area contributed by atoms with Crippen molar-refractivity contribution in [3.8, 4) is 0 Å². The molecule has 2 unspecified atom stereocenters. The Bertz CT molecular complexity index is 851. The number of rotatable bonds is 8. The van der Waals surface area contributed by atoms with Crippen molar-refractivity contribution < 1.29 is 23.5 Å². The highest BCUT2D eigenvalue weighted by Crippen LogP contribution is 2.31. The molecule has 2 fully saturated rings. The minimum absolute atomic E-state index is 0.0941. The number of amides is 2. The summed E-state index contributed by atoms with van der Waals surface area (Å²) in [7, 11) is 0. The van der Waals surface area contributed by atoms with Gasteiger partial charge in [-0.15, -0.1) is 11.6 Å². The van der Waals surface area contributed by atoms with E-state index >= 15 is 0 Å². The minimum atomic E-state index is -1.15. The molecule has 9 nitrogen and oxygen atoms in total. The van der Waals surface area contributed by atoms with E-state index < -0.39 is 23.7 Å². The number of alkyl halides is 1. The molecule has 2 aliphatic rings. The van der Waals surface area contributed by atoms with Crippen LogP contribution < -0.4 is 16.5 Å². The Morgan fingerprint density at radius 3 is 2.72 bits per heavy atom. The number of nitrogens with one attached hydrogen (secondary N) is 2. The summed E-state index contributed by atoms with van der Waals surface area (Å²) < 4.78 is 19.2. The van der Waals surface area contributed by atoms with E-state index in [0.717, 1.165) is 18.9 Å². The smallest absolute Gasteiger partial charge is 0.325 e. The third-order valence-corrected chi connectivity index (χ3v) is 6.01. The van der Waals surface area contributed by atoms with Gasteiger partial charge in [-0.05, 0) is 36.6 Å². The van der Waals surface area contributed by atoms with E-state index in [1.54, 1.807) is 11.0 Å². The van der Waals surface area contributed by atoms with Crippen LogP contribution >= 0.6 is 11.6 Å². The molecule has 0 aliphatic carbocycles. The minimum Gasteiger partial charge on any atom is -0.454 e. The van der Waals surface area contributed by atoms with E-state index in [1.165, 1.54) is 6.07 Å². The molecule has 0 bridgehead atoms. The maximum atomic E-state index is 14.2. The summed E-state index contributed by atoms with van der Waals surface area (Å²) in [5.41, 5.74) is 9.59. The first-order chi connectivity index (χ1) is 15.3. The van der Waals surface area contributed by atoms with Crippen LogP contribution in [-0.4, -0.2) is 78.4 Å². The van der Waals surface area contributed by atoms with E-state index in [4.69, 9.17) is 22.1 Å². The number of hydrogen-bond acceptors (Lipinski definition) is 7. The fourth-order valence-electron chi connectivity index (χ4n) is 3.91. The van der Waals surface area contributed by atoms with Crippen molar-refractivity contribution in [3.05, 3.63) is 35.1 Å². The number of hydrazine groups is 1. The Morgan fingerprint density at radius 2 is 2.03 bits per heavy atom. The van der Waals surface area contributed by atoms with E-state index in [2.05, 4.69) is 10.7 Å². The van der Waals surface area contributed by atoms with Crippen LogP contribution in [0.15, 0.2) is 18.2 Å². The van der Waals surface area contributed by atoms with Gasteiger partial charge in [-0.1, -0.05) is 6.92 Å². The van der Waals surface area contributed by atoms with Crippen molar-refractivity contribution in [1.29, 1.82) is 0 Å². The molecule has 2 heterocycles. The largest absolute Gasteiger partial charge is 0.454 e. The van der Waals surface area contributed by atoms with Crippen LogP contribution in [0, 0.1) is 5.82 Å². The third-order valence-electron chi connectivity index (χ3n) is 5.61. The predicted octanol–water partition coefficient (Wildman–Crippen LogP) is 0.537. The second-order valence-corrected chi connectivity index (χ2v) is 8.46. The lowest BCUT2D eigenvalue weighted by Crippen LogP contribution is -2.44. The molecule has 0 spiro atoms. The first-order valence-corrected chi connectivity index (χ1v) is 11.2. The second kappa shape index (κ2) is 11.0. The molecular weight excluding hydrogens is 441 g/mol. The van der Waals surface area contributed by atoms with E-state index in [9.17, 15) is 18.8 Å². The second-order valence-electron chi connectivity index (χ2n) is 7.89. The molecule has 32 heavy (non-hydrogen) atoms. The van der Waals surface area contributed by atoms with Crippen molar-refractivity contribution in [3.63, 3.8) is 0 Å². The van der Waals surface area contributed by atoms with Crippen molar-refractivity contribution in [2.45, 2.75) is 37.2 Å². The molecule has 0 aromatic heterocycles. The maximum absolute atomic E-state index is 14.2. The molecular formula is C21H29ClFN5O4. The standard InChI is InChI=1S/C21H29ClFN5O4/c1-2-28-19(16(22)10-26-28)13-7-14(9-15(23)8-13)20(30)25-11-17(24)21(31)32-12-18(29)27-5-3-4-6-27/h7-9,16-17,19,26H,2-6,10-12,24H2,1H3,(H,25,30)/t16?,17-,19?/m1/s1. The summed E-state index contributed by atoms with van der Waals surface area (Å²) in [5, 5.41) is 4.13. The van der Waals surface area contributed by atoms with Crippen LogP contribution in [0.1, 0.15) is 41.7 Å². The van der Waals surface area contributed by atoms with Crippen molar-refractivity contribution in [2.75, 3.05) is 39.3 Å². The van der Waals surface area contributed by atoms with Crippen LogP contribution in [0.3, 0.4) is 0 Å². The van der Waals surface area contributed by atoms with E-state index in [0.29, 0.717) is 31.7 Å². The Labute approximate surface area is 191 Å². The molecule has 0 saturated carbocycles. The van der Waals surface area contributed by atoms with Gasteiger partial charge in [-0.3, -0.25) is 19.8 Å². The monoisotopic (exact) mass is 469 g/mol. The maximum Gasteiger partial charge on any atom is 0.325 e. The van der Waals surface area contributed by atoms with Gasteiger partial charge in [0.25, 0.3) is 11.8 Å². The highest BCUT2D eigenvalue weighted by molar-refractivity contribution is 6.21. The van der Waals surface area contributed by atoms with Gasteiger partial charge in [0, 0.05) is 38.3 Å². The van der Waals surface area contributed by atoms with Gasteiger partial charge in [0.15, 0.2) is 6.61 Å². The zero-order valence-electron chi connectivity index (χ0n) is 18.0. The number of nitrogens with zero attached hydrogens (tertiary/aromatic N) is 2. The summed E-state index contributed by atoms with van der Waals surface area (Å²) in [6, 6.07) is 2.60. The Hall–Kier alpha value is -2.27. The average Bonchev–Trinajstić information content (AvgIpc) is 3.44. The Morgan fingerprint density at radius 1 is 1.31 bits per heavy atom. The molecule has 2 aliphatic heterocycles. The number of nitrogens with two attached hydrogens (primary N) is 1. The van der Waals surface area contributed by atoms with E-state index in [1.807, 2.05) is 11.9 Å². The highest BCUT2D eigenvalue weighted by atomic mass is 35.5. The van der Waals surface area contributed by atoms with Gasteiger partial charge in [-0.25, -0.2) is 9.40 Å². The van der Waals surface area contributed by atoms with Crippen LogP contribution in [0.2, 0.25) is 0 Å². The molecule has 4 N–H and O–H groups in total. The number of likely N-dealkylation sites (tertiary alicyclic amines) is 1. The van der Waals surface area contributed by atoms with Crippen molar-refractivity contribution in [1.82, 2.24) is 20.7 Å². The number of carbonyl (C=O) groups is 3. The quantitative estimate of drug-likeness (QED) is 0.375. The Kier molecular flexibility index (Phi) is 8.41. The summed E-state index contributed by atoms with van der Waals surface area (Å²) in [4.78, 5) is 38.2. The van der Waals surface area contributed by atoms with Crippen LogP contribution in [0.5, 0.6) is 0 Å².